The van der Waals surface area contributed by atoms with Gasteiger partial charge in [-0.25, -0.2) is 0 Å². The lowest BCUT2D eigenvalue weighted by Crippen LogP contribution is -2.20. The molecule has 0 aromatic heterocycles. The maximum absolute atomic E-state index is 11.8. The fraction of sp³-hybridized carbons (Fsp3) is 0.188. The number of amides is 1. The van der Waals surface area contributed by atoms with Gasteiger partial charge in [-0.1, -0.05) is 34.1 Å². The predicted molar refractivity (Wildman–Crippen MR) is 87.5 cm³/mol. The van der Waals surface area contributed by atoms with Gasteiger partial charge < -0.3 is 15.8 Å². The third-order valence-corrected chi connectivity index (χ3v) is 3.30. The predicted octanol–water partition coefficient (Wildman–Crippen LogP) is 2.97. The van der Waals surface area contributed by atoms with Crippen molar-refractivity contribution < 1.29 is 9.53 Å². The summed E-state index contributed by atoms with van der Waals surface area (Å²) in [5.74, 6) is 0.475. The average molecular weight is 349 g/mol. The normalized spacial score (nSPS) is 10.2. The van der Waals surface area contributed by atoms with Crippen LogP contribution in [0, 0.1) is 0 Å². The Morgan fingerprint density at radius 1 is 1.19 bits per heavy atom. The van der Waals surface area contributed by atoms with Crippen LogP contribution < -0.4 is 15.8 Å². The van der Waals surface area contributed by atoms with Gasteiger partial charge in [0, 0.05) is 10.2 Å². The summed E-state index contributed by atoms with van der Waals surface area (Å²) in [6.07, 6.45) is 0.793. The summed E-state index contributed by atoms with van der Waals surface area (Å²) in [5.41, 5.74) is 7.35. The van der Waals surface area contributed by atoms with Crippen molar-refractivity contribution >= 4 is 27.5 Å². The molecule has 0 saturated carbocycles. The van der Waals surface area contributed by atoms with Crippen molar-refractivity contribution in [3.8, 4) is 5.75 Å². The second kappa shape index (κ2) is 7.81. The number of rotatable bonds is 6. The van der Waals surface area contributed by atoms with Gasteiger partial charge in [0.05, 0.1) is 0 Å². The number of carbonyl (C=O) groups is 1. The number of benzene rings is 2. The molecular weight excluding hydrogens is 332 g/mol. The molecule has 0 saturated heterocycles. The van der Waals surface area contributed by atoms with Crippen LogP contribution in [0.2, 0.25) is 0 Å². The first-order chi connectivity index (χ1) is 10.2. The summed E-state index contributed by atoms with van der Waals surface area (Å²) in [4.78, 5) is 11.8. The van der Waals surface area contributed by atoms with Gasteiger partial charge in [0.2, 0.25) is 0 Å². The molecule has 1 amide bonds. The van der Waals surface area contributed by atoms with Crippen molar-refractivity contribution in [2.24, 2.45) is 5.73 Å². The minimum Gasteiger partial charge on any atom is -0.484 e. The van der Waals surface area contributed by atoms with Crippen molar-refractivity contribution in [3.05, 3.63) is 58.6 Å². The van der Waals surface area contributed by atoms with E-state index in [9.17, 15) is 4.79 Å². The Bertz CT molecular complexity index is 617. The highest BCUT2D eigenvalue weighted by molar-refractivity contribution is 9.10. The smallest absolute Gasteiger partial charge is 0.262 e. The molecular formula is C16H17BrN2O2. The van der Waals surface area contributed by atoms with Gasteiger partial charge in [-0.2, -0.15) is 0 Å². The SMILES string of the molecule is NCCc1cccc(OCC(=O)Nc2cccc(Br)c2)c1. The number of carbonyl (C=O) groups excluding carboxylic acids is 1. The Balaban J connectivity index is 1.87. The lowest BCUT2D eigenvalue weighted by molar-refractivity contribution is -0.118. The standard InChI is InChI=1S/C16H17BrN2O2/c17-13-4-2-5-14(10-13)19-16(20)11-21-15-6-1-3-12(9-15)7-8-18/h1-6,9-10H,7-8,11,18H2,(H,19,20). The summed E-state index contributed by atoms with van der Waals surface area (Å²) in [6, 6.07) is 15.0. The Kier molecular flexibility index (Phi) is 5.78. The number of hydrogen-bond acceptors (Lipinski definition) is 3. The molecule has 0 heterocycles. The van der Waals surface area contributed by atoms with Crippen LogP contribution in [0.3, 0.4) is 0 Å². The van der Waals surface area contributed by atoms with Crippen LogP contribution in [0.4, 0.5) is 5.69 Å². The number of anilines is 1. The first-order valence-electron chi connectivity index (χ1n) is 6.64. The van der Waals surface area contributed by atoms with Crippen molar-refractivity contribution in [3.63, 3.8) is 0 Å². The van der Waals surface area contributed by atoms with E-state index in [1.165, 1.54) is 0 Å². The van der Waals surface area contributed by atoms with E-state index in [1.54, 1.807) is 0 Å². The molecule has 0 aliphatic carbocycles. The van der Waals surface area contributed by atoms with Crippen molar-refractivity contribution in [1.29, 1.82) is 0 Å². The molecule has 0 aliphatic rings. The third-order valence-electron chi connectivity index (χ3n) is 2.81. The molecule has 2 rings (SSSR count). The molecule has 2 aromatic carbocycles. The number of hydrogen-bond donors (Lipinski definition) is 2. The van der Waals surface area contributed by atoms with E-state index in [-0.39, 0.29) is 12.5 Å². The molecule has 0 radical (unpaired) electrons. The van der Waals surface area contributed by atoms with Crippen LogP contribution in [-0.4, -0.2) is 19.1 Å². The highest BCUT2D eigenvalue weighted by Gasteiger charge is 2.04. The van der Waals surface area contributed by atoms with Crippen molar-refractivity contribution in [2.45, 2.75) is 6.42 Å². The van der Waals surface area contributed by atoms with Gasteiger partial charge in [-0.05, 0) is 48.9 Å². The Morgan fingerprint density at radius 2 is 2.00 bits per heavy atom. The van der Waals surface area contributed by atoms with E-state index in [2.05, 4.69) is 21.2 Å². The van der Waals surface area contributed by atoms with E-state index >= 15 is 0 Å². The monoisotopic (exact) mass is 348 g/mol. The summed E-state index contributed by atoms with van der Waals surface area (Å²) in [7, 11) is 0. The minimum absolute atomic E-state index is 0.0292. The number of nitrogens with two attached hydrogens (primary N) is 1. The summed E-state index contributed by atoms with van der Waals surface area (Å²) in [5, 5.41) is 2.78. The molecule has 0 unspecified atom stereocenters. The van der Waals surface area contributed by atoms with Crippen molar-refractivity contribution in [2.75, 3.05) is 18.5 Å². The number of nitrogens with one attached hydrogen (secondary N) is 1. The van der Waals surface area contributed by atoms with Crippen LogP contribution in [0.15, 0.2) is 53.0 Å². The fourth-order valence-corrected chi connectivity index (χ4v) is 2.27. The fourth-order valence-electron chi connectivity index (χ4n) is 1.87. The maximum atomic E-state index is 11.8. The Hall–Kier alpha value is -1.85. The third kappa shape index (κ3) is 5.21. The Labute approximate surface area is 132 Å². The van der Waals surface area contributed by atoms with Gasteiger partial charge in [0.25, 0.3) is 5.91 Å². The molecule has 5 heteroatoms. The largest absolute Gasteiger partial charge is 0.484 e. The average Bonchev–Trinajstić information content (AvgIpc) is 2.46. The first kappa shape index (κ1) is 15.5. The van der Waals surface area contributed by atoms with E-state index in [1.807, 2.05) is 48.5 Å². The Morgan fingerprint density at radius 3 is 2.76 bits per heavy atom. The molecule has 21 heavy (non-hydrogen) atoms. The molecule has 0 atom stereocenters. The molecule has 0 fully saturated rings. The highest BCUT2D eigenvalue weighted by atomic mass is 79.9. The zero-order chi connectivity index (χ0) is 15.1. The van der Waals surface area contributed by atoms with E-state index in [0.717, 1.165) is 22.1 Å². The van der Waals surface area contributed by atoms with Gasteiger partial charge in [0.15, 0.2) is 6.61 Å². The van der Waals surface area contributed by atoms with Gasteiger partial charge in [-0.3, -0.25) is 4.79 Å². The molecule has 0 aliphatic heterocycles. The second-order valence-electron chi connectivity index (χ2n) is 4.53. The summed E-state index contributed by atoms with van der Waals surface area (Å²) in [6.45, 7) is 0.561. The molecule has 0 bridgehead atoms. The molecule has 2 aromatic rings. The van der Waals surface area contributed by atoms with E-state index < -0.39 is 0 Å². The lowest BCUT2D eigenvalue weighted by Gasteiger charge is -2.09. The van der Waals surface area contributed by atoms with Crippen LogP contribution in [0.1, 0.15) is 5.56 Å². The van der Waals surface area contributed by atoms with Crippen molar-refractivity contribution in [1.82, 2.24) is 0 Å². The zero-order valence-corrected chi connectivity index (χ0v) is 13.1. The number of ether oxygens (including phenoxy) is 1. The second-order valence-corrected chi connectivity index (χ2v) is 5.45. The molecule has 0 spiro atoms. The molecule has 110 valence electrons. The maximum Gasteiger partial charge on any atom is 0.262 e. The van der Waals surface area contributed by atoms with Gasteiger partial charge in [-0.15, -0.1) is 0 Å². The molecule has 3 N–H and O–H groups in total. The summed E-state index contributed by atoms with van der Waals surface area (Å²) < 4.78 is 6.41. The van der Waals surface area contributed by atoms with E-state index in [4.69, 9.17) is 10.5 Å². The van der Waals surface area contributed by atoms with Crippen LogP contribution in [0.5, 0.6) is 5.75 Å². The lowest BCUT2D eigenvalue weighted by atomic mass is 10.1. The number of halogens is 1. The van der Waals surface area contributed by atoms with Crippen LogP contribution in [0.25, 0.3) is 0 Å². The van der Waals surface area contributed by atoms with E-state index in [0.29, 0.717) is 12.3 Å². The topological polar surface area (TPSA) is 64.3 Å². The summed E-state index contributed by atoms with van der Waals surface area (Å²) >= 11 is 3.36. The first-order valence-corrected chi connectivity index (χ1v) is 7.44. The van der Waals surface area contributed by atoms with Crippen LogP contribution >= 0.6 is 15.9 Å². The quantitative estimate of drug-likeness (QED) is 0.843. The highest BCUT2D eigenvalue weighted by Crippen LogP contribution is 2.16. The molecule has 4 nitrogen and oxygen atoms in total. The van der Waals surface area contributed by atoms with Crippen LogP contribution in [-0.2, 0) is 11.2 Å². The van der Waals surface area contributed by atoms with Gasteiger partial charge >= 0.3 is 0 Å². The minimum atomic E-state index is -0.197. The van der Waals surface area contributed by atoms with Gasteiger partial charge in [0.1, 0.15) is 5.75 Å². The zero-order valence-electron chi connectivity index (χ0n) is 11.5.